The smallest absolute Gasteiger partial charge is 0.0233 e. The molecule has 17 heavy (non-hydrogen) atoms. The third-order valence-electron chi connectivity index (χ3n) is 3.48. The Hall–Kier alpha value is -0.860. The number of benzene rings is 1. The van der Waals surface area contributed by atoms with E-state index in [-0.39, 0.29) is 0 Å². The fraction of sp³-hybridized carbons (Fsp3) is 0.600. The lowest BCUT2D eigenvalue weighted by Gasteiger charge is -2.22. The minimum atomic E-state index is 0.800. The quantitative estimate of drug-likeness (QED) is 0.746. The van der Waals surface area contributed by atoms with Gasteiger partial charge in [0.2, 0.25) is 0 Å². The van der Waals surface area contributed by atoms with Crippen LogP contribution in [0.3, 0.4) is 0 Å². The summed E-state index contributed by atoms with van der Waals surface area (Å²) in [6.07, 6.45) is 5.39. The van der Waals surface area contributed by atoms with Gasteiger partial charge in [0.25, 0.3) is 0 Å². The van der Waals surface area contributed by atoms with Gasteiger partial charge in [-0.25, -0.2) is 0 Å². The molecule has 1 saturated carbocycles. The maximum absolute atomic E-state index is 5.61. The highest BCUT2D eigenvalue weighted by Crippen LogP contribution is 2.32. The van der Waals surface area contributed by atoms with Gasteiger partial charge in [0.05, 0.1) is 0 Å². The second-order valence-corrected chi connectivity index (χ2v) is 5.14. The van der Waals surface area contributed by atoms with Gasteiger partial charge in [-0.2, -0.15) is 0 Å². The molecule has 0 bridgehead atoms. The van der Waals surface area contributed by atoms with Gasteiger partial charge in [-0.15, -0.1) is 0 Å². The average Bonchev–Trinajstić information content (AvgIpc) is 3.18. The Morgan fingerprint density at radius 1 is 1.12 bits per heavy atom. The summed E-state index contributed by atoms with van der Waals surface area (Å²) >= 11 is 0. The molecule has 2 rings (SSSR count). The van der Waals surface area contributed by atoms with Gasteiger partial charge in [-0.3, -0.25) is 4.90 Å². The van der Waals surface area contributed by atoms with E-state index in [0.717, 1.165) is 32.0 Å². The van der Waals surface area contributed by atoms with Gasteiger partial charge in [0, 0.05) is 6.54 Å². The topological polar surface area (TPSA) is 29.3 Å². The Kier molecular flexibility index (Phi) is 5.02. The van der Waals surface area contributed by atoms with Crippen LogP contribution in [0.25, 0.3) is 0 Å². The van der Waals surface area contributed by atoms with Gasteiger partial charge >= 0.3 is 0 Å². The summed E-state index contributed by atoms with van der Waals surface area (Å²) in [5.74, 6) is 1.02. The Bertz CT molecular complexity index is 306. The zero-order chi connectivity index (χ0) is 11.9. The van der Waals surface area contributed by atoms with E-state index in [1.54, 1.807) is 0 Å². The van der Waals surface area contributed by atoms with E-state index >= 15 is 0 Å². The lowest BCUT2D eigenvalue weighted by Crippen LogP contribution is -2.27. The molecule has 0 radical (unpaired) electrons. The Morgan fingerprint density at radius 2 is 1.88 bits per heavy atom. The summed E-state index contributed by atoms with van der Waals surface area (Å²) in [5.41, 5.74) is 7.03. The molecule has 2 nitrogen and oxygen atoms in total. The van der Waals surface area contributed by atoms with Crippen LogP contribution in [0.15, 0.2) is 30.3 Å². The SMILES string of the molecule is NCCCN(CCC1CC1)Cc1ccccc1. The summed E-state index contributed by atoms with van der Waals surface area (Å²) < 4.78 is 0. The third-order valence-corrected chi connectivity index (χ3v) is 3.48. The van der Waals surface area contributed by atoms with Crippen LogP contribution in [-0.2, 0) is 6.54 Å². The summed E-state index contributed by atoms with van der Waals surface area (Å²) in [6, 6.07) is 10.8. The summed E-state index contributed by atoms with van der Waals surface area (Å²) in [6.45, 7) is 4.25. The number of hydrogen-bond acceptors (Lipinski definition) is 2. The number of nitrogens with two attached hydrogens (primary N) is 1. The van der Waals surface area contributed by atoms with Crippen LogP contribution in [0.1, 0.15) is 31.2 Å². The molecule has 0 saturated heterocycles. The van der Waals surface area contributed by atoms with Gasteiger partial charge in [-0.05, 0) is 44.0 Å². The minimum absolute atomic E-state index is 0.800. The molecule has 0 atom stereocenters. The molecule has 1 aliphatic carbocycles. The molecule has 0 aromatic heterocycles. The van der Waals surface area contributed by atoms with Gasteiger partial charge in [0.15, 0.2) is 0 Å². The molecule has 2 N–H and O–H groups in total. The van der Waals surface area contributed by atoms with E-state index < -0.39 is 0 Å². The molecule has 0 heterocycles. The first-order valence-corrected chi connectivity index (χ1v) is 6.85. The van der Waals surface area contributed by atoms with Gasteiger partial charge < -0.3 is 5.73 Å². The second-order valence-electron chi connectivity index (χ2n) is 5.14. The predicted molar refractivity (Wildman–Crippen MR) is 72.7 cm³/mol. The first-order valence-electron chi connectivity index (χ1n) is 6.85. The lowest BCUT2D eigenvalue weighted by molar-refractivity contribution is 0.255. The molecule has 2 heteroatoms. The van der Waals surface area contributed by atoms with Crippen molar-refractivity contribution in [3.05, 3.63) is 35.9 Å². The zero-order valence-electron chi connectivity index (χ0n) is 10.6. The first kappa shape index (κ1) is 12.6. The molecule has 1 fully saturated rings. The molecule has 0 amide bonds. The van der Waals surface area contributed by atoms with Crippen molar-refractivity contribution in [3.8, 4) is 0 Å². The highest BCUT2D eigenvalue weighted by Gasteiger charge is 2.21. The van der Waals surface area contributed by atoms with Crippen LogP contribution in [0.2, 0.25) is 0 Å². The monoisotopic (exact) mass is 232 g/mol. The highest BCUT2D eigenvalue weighted by molar-refractivity contribution is 5.14. The van der Waals surface area contributed by atoms with Crippen molar-refractivity contribution < 1.29 is 0 Å². The normalized spacial score (nSPS) is 15.4. The number of hydrogen-bond donors (Lipinski definition) is 1. The minimum Gasteiger partial charge on any atom is -0.330 e. The summed E-state index contributed by atoms with van der Waals surface area (Å²) in [5, 5.41) is 0. The van der Waals surface area contributed by atoms with Crippen LogP contribution >= 0.6 is 0 Å². The molecule has 1 aromatic carbocycles. The van der Waals surface area contributed by atoms with Crippen LogP contribution in [0, 0.1) is 5.92 Å². The zero-order valence-corrected chi connectivity index (χ0v) is 10.6. The molecule has 0 unspecified atom stereocenters. The van der Waals surface area contributed by atoms with Crippen LogP contribution < -0.4 is 5.73 Å². The van der Waals surface area contributed by atoms with Gasteiger partial charge in [-0.1, -0.05) is 43.2 Å². The van der Waals surface area contributed by atoms with E-state index in [1.165, 1.54) is 31.4 Å². The maximum Gasteiger partial charge on any atom is 0.0233 e. The van der Waals surface area contributed by atoms with Crippen LogP contribution in [0.5, 0.6) is 0 Å². The van der Waals surface area contributed by atoms with Crippen molar-refractivity contribution in [3.63, 3.8) is 0 Å². The first-order chi connectivity index (χ1) is 8.38. The van der Waals surface area contributed by atoms with Gasteiger partial charge in [0.1, 0.15) is 0 Å². The Balaban J connectivity index is 1.80. The van der Waals surface area contributed by atoms with E-state index in [4.69, 9.17) is 5.73 Å². The fourth-order valence-electron chi connectivity index (χ4n) is 2.20. The Morgan fingerprint density at radius 3 is 2.53 bits per heavy atom. The largest absolute Gasteiger partial charge is 0.330 e. The Labute approximate surface area is 105 Å². The molecular formula is C15H24N2. The van der Waals surface area contributed by atoms with Crippen molar-refractivity contribution in [1.82, 2.24) is 4.90 Å². The molecular weight excluding hydrogens is 208 g/mol. The van der Waals surface area contributed by atoms with Crippen molar-refractivity contribution in [1.29, 1.82) is 0 Å². The third kappa shape index (κ3) is 4.88. The standard InChI is InChI=1S/C15H24N2/c16-10-4-11-17(12-9-14-7-8-14)13-15-5-2-1-3-6-15/h1-3,5-6,14H,4,7-13,16H2. The van der Waals surface area contributed by atoms with E-state index in [2.05, 4.69) is 35.2 Å². The van der Waals surface area contributed by atoms with Crippen molar-refractivity contribution in [2.45, 2.75) is 32.2 Å². The van der Waals surface area contributed by atoms with E-state index in [1.807, 2.05) is 0 Å². The van der Waals surface area contributed by atoms with Crippen molar-refractivity contribution in [2.24, 2.45) is 11.7 Å². The van der Waals surface area contributed by atoms with Crippen molar-refractivity contribution >= 4 is 0 Å². The molecule has 94 valence electrons. The maximum atomic E-state index is 5.61. The predicted octanol–water partition coefficient (Wildman–Crippen LogP) is 2.64. The molecule has 1 aliphatic rings. The number of nitrogens with zero attached hydrogens (tertiary/aromatic N) is 1. The van der Waals surface area contributed by atoms with E-state index in [0.29, 0.717) is 0 Å². The summed E-state index contributed by atoms with van der Waals surface area (Å²) in [7, 11) is 0. The lowest BCUT2D eigenvalue weighted by atomic mass is 10.2. The summed E-state index contributed by atoms with van der Waals surface area (Å²) in [4.78, 5) is 2.56. The van der Waals surface area contributed by atoms with E-state index in [9.17, 15) is 0 Å². The second kappa shape index (κ2) is 6.77. The fourth-order valence-corrected chi connectivity index (χ4v) is 2.20. The molecule has 1 aromatic rings. The molecule has 0 spiro atoms. The average molecular weight is 232 g/mol. The van der Waals surface area contributed by atoms with Crippen LogP contribution in [-0.4, -0.2) is 24.5 Å². The highest BCUT2D eigenvalue weighted by atomic mass is 15.1. The molecule has 0 aliphatic heterocycles. The van der Waals surface area contributed by atoms with Crippen LogP contribution in [0.4, 0.5) is 0 Å². The van der Waals surface area contributed by atoms with Crippen molar-refractivity contribution in [2.75, 3.05) is 19.6 Å². The number of rotatable bonds is 8.